The van der Waals surface area contributed by atoms with Gasteiger partial charge < -0.3 is 10.8 Å². The second kappa shape index (κ2) is 7.92. The summed E-state index contributed by atoms with van der Waals surface area (Å²) in [7, 11) is 0. The molecule has 0 amide bonds. The van der Waals surface area contributed by atoms with Gasteiger partial charge in [0.05, 0.1) is 6.54 Å². The Labute approximate surface area is 57.1 Å². The minimum Gasteiger partial charge on any atom is -0.396 e. The number of unbranched alkanes of at least 4 members (excludes halogenated alkanes) is 4. The molecule has 0 aromatic heterocycles. The summed E-state index contributed by atoms with van der Waals surface area (Å²) < 4.78 is 0. The molecule has 9 heavy (non-hydrogen) atoms. The third-order valence-corrected chi connectivity index (χ3v) is 1.41. The predicted molar refractivity (Wildman–Crippen MR) is 37.9 cm³/mol. The van der Waals surface area contributed by atoms with E-state index in [1.807, 2.05) is 0 Å². The zero-order valence-corrected chi connectivity index (χ0v) is 6.10. The smallest absolute Gasteiger partial charge is 0.0739 e. The average Bonchev–Trinajstić information content (AvgIpc) is 1.89. The van der Waals surface area contributed by atoms with E-state index >= 15 is 0 Å². The van der Waals surface area contributed by atoms with Crippen molar-refractivity contribution in [3.05, 3.63) is 0 Å². The van der Waals surface area contributed by atoms with Gasteiger partial charge in [0.1, 0.15) is 0 Å². The number of rotatable bonds is 6. The lowest BCUT2D eigenvalue weighted by molar-refractivity contribution is -0.368. The molecular formula is C7H18NO+. The maximum absolute atomic E-state index is 8.41. The molecule has 0 bridgehead atoms. The monoisotopic (exact) mass is 132 g/mol. The number of quaternary nitrogens is 1. The standard InChI is InChI=1S/C7H17NO/c8-6-4-2-1-3-5-7-9/h9H,1-8H2/p+1. The lowest BCUT2D eigenvalue weighted by Gasteiger charge is -1.94. The van der Waals surface area contributed by atoms with Gasteiger partial charge in [0, 0.05) is 6.61 Å². The Hall–Kier alpha value is -0.0800. The summed E-state index contributed by atoms with van der Waals surface area (Å²) in [6, 6.07) is 0. The lowest BCUT2D eigenvalue weighted by Crippen LogP contribution is -2.50. The van der Waals surface area contributed by atoms with E-state index in [1.165, 1.54) is 25.7 Å². The van der Waals surface area contributed by atoms with E-state index in [9.17, 15) is 0 Å². The lowest BCUT2D eigenvalue weighted by atomic mass is 10.1. The summed E-state index contributed by atoms with van der Waals surface area (Å²) in [5.41, 5.74) is 3.75. The highest BCUT2D eigenvalue weighted by atomic mass is 16.2. The van der Waals surface area contributed by atoms with E-state index in [2.05, 4.69) is 5.73 Å². The highest BCUT2D eigenvalue weighted by molar-refractivity contribution is 4.41. The van der Waals surface area contributed by atoms with Gasteiger partial charge >= 0.3 is 0 Å². The summed E-state index contributed by atoms with van der Waals surface area (Å²) in [6.45, 7) is 1.41. The van der Waals surface area contributed by atoms with E-state index in [0.29, 0.717) is 6.61 Å². The van der Waals surface area contributed by atoms with Gasteiger partial charge in [-0.3, -0.25) is 0 Å². The summed E-state index contributed by atoms with van der Waals surface area (Å²) in [5.74, 6) is 0. The van der Waals surface area contributed by atoms with Gasteiger partial charge in [-0.05, 0) is 19.3 Å². The topological polar surface area (TPSA) is 47.9 Å². The molecule has 0 fully saturated rings. The van der Waals surface area contributed by atoms with Gasteiger partial charge in [0.15, 0.2) is 0 Å². The van der Waals surface area contributed by atoms with E-state index in [-0.39, 0.29) is 0 Å². The fourth-order valence-electron chi connectivity index (χ4n) is 0.819. The maximum Gasteiger partial charge on any atom is 0.0739 e. The molecule has 0 aliphatic carbocycles. The summed E-state index contributed by atoms with van der Waals surface area (Å²) in [5, 5.41) is 8.41. The van der Waals surface area contributed by atoms with Gasteiger partial charge in [-0.1, -0.05) is 12.8 Å². The van der Waals surface area contributed by atoms with Crippen LogP contribution in [0.2, 0.25) is 0 Å². The van der Waals surface area contributed by atoms with Crippen LogP contribution in [-0.2, 0) is 0 Å². The maximum atomic E-state index is 8.41. The first-order valence-electron chi connectivity index (χ1n) is 3.82. The molecule has 0 heterocycles. The number of aliphatic hydroxyl groups is 1. The third kappa shape index (κ3) is 7.92. The highest BCUT2D eigenvalue weighted by Crippen LogP contribution is 2.00. The first-order chi connectivity index (χ1) is 4.41. The first kappa shape index (κ1) is 8.92. The molecule has 0 rings (SSSR count). The van der Waals surface area contributed by atoms with Crippen LogP contribution in [0.4, 0.5) is 0 Å². The molecule has 0 aliphatic heterocycles. The minimum atomic E-state index is 0.352. The molecule has 0 spiro atoms. The molecule has 0 radical (unpaired) electrons. The Kier molecular flexibility index (Phi) is 7.85. The number of aliphatic hydroxyl groups excluding tert-OH is 1. The van der Waals surface area contributed by atoms with Crippen LogP contribution in [-0.4, -0.2) is 18.3 Å². The van der Waals surface area contributed by atoms with Crippen LogP contribution in [0.5, 0.6) is 0 Å². The Bertz CT molecular complexity index is 42.2. The Morgan fingerprint density at radius 3 is 2.00 bits per heavy atom. The summed E-state index contributed by atoms with van der Waals surface area (Å²) in [4.78, 5) is 0. The van der Waals surface area contributed by atoms with Crippen molar-refractivity contribution in [3.8, 4) is 0 Å². The minimum absolute atomic E-state index is 0.352. The molecule has 0 atom stereocenters. The van der Waals surface area contributed by atoms with Gasteiger partial charge in [0.25, 0.3) is 0 Å². The van der Waals surface area contributed by atoms with Crippen LogP contribution >= 0.6 is 0 Å². The Balaban J connectivity index is 2.60. The molecular weight excluding hydrogens is 114 g/mol. The molecule has 2 heteroatoms. The second-order valence-corrected chi connectivity index (χ2v) is 2.34. The van der Waals surface area contributed by atoms with Crippen molar-refractivity contribution >= 4 is 0 Å². The molecule has 0 saturated carbocycles. The Morgan fingerprint density at radius 1 is 0.889 bits per heavy atom. The molecule has 2 nitrogen and oxygen atoms in total. The summed E-state index contributed by atoms with van der Waals surface area (Å²) in [6.07, 6.45) is 5.93. The number of hydrogen-bond acceptors (Lipinski definition) is 1. The summed E-state index contributed by atoms with van der Waals surface area (Å²) >= 11 is 0. The van der Waals surface area contributed by atoms with Crippen molar-refractivity contribution in [3.63, 3.8) is 0 Å². The molecule has 0 aromatic carbocycles. The average molecular weight is 132 g/mol. The SMILES string of the molecule is [NH3+]CCCCCCCO. The van der Waals surface area contributed by atoms with Gasteiger partial charge in [-0.2, -0.15) is 0 Å². The molecule has 56 valence electrons. The predicted octanol–water partition coefficient (Wildman–Crippen LogP) is 0.171. The van der Waals surface area contributed by atoms with Crippen LogP contribution in [0.25, 0.3) is 0 Å². The largest absolute Gasteiger partial charge is 0.396 e. The van der Waals surface area contributed by atoms with Crippen LogP contribution < -0.4 is 5.73 Å². The quantitative estimate of drug-likeness (QED) is 0.497. The molecule has 0 aliphatic rings. The highest BCUT2D eigenvalue weighted by Gasteiger charge is 1.87. The van der Waals surface area contributed by atoms with Crippen LogP contribution in [0.1, 0.15) is 32.1 Å². The van der Waals surface area contributed by atoms with Crippen molar-refractivity contribution in [1.82, 2.24) is 0 Å². The van der Waals surface area contributed by atoms with Gasteiger partial charge in [0.2, 0.25) is 0 Å². The molecule has 0 unspecified atom stereocenters. The zero-order chi connectivity index (χ0) is 6.95. The molecule has 0 aromatic rings. The normalized spacial score (nSPS) is 10.0. The van der Waals surface area contributed by atoms with E-state index in [1.54, 1.807) is 0 Å². The third-order valence-electron chi connectivity index (χ3n) is 1.41. The van der Waals surface area contributed by atoms with Crippen LogP contribution in [0.3, 0.4) is 0 Å². The molecule has 4 N–H and O–H groups in total. The fraction of sp³-hybridized carbons (Fsp3) is 1.00. The van der Waals surface area contributed by atoms with E-state index in [4.69, 9.17) is 5.11 Å². The van der Waals surface area contributed by atoms with Crippen molar-refractivity contribution in [2.24, 2.45) is 0 Å². The van der Waals surface area contributed by atoms with Gasteiger partial charge in [-0.15, -0.1) is 0 Å². The molecule has 0 saturated heterocycles. The van der Waals surface area contributed by atoms with Gasteiger partial charge in [-0.25, -0.2) is 0 Å². The van der Waals surface area contributed by atoms with Crippen LogP contribution in [0.15, 0.2) is 0 Å². The fourth-order valence-corrected chi connectivity index (χ4v) is 0.819. The second-order valence-electron chi connectivity index (χ2n) is 2.34. The van der Waals surface area contributed by atoms with E-state index < -0.39 is 0 Å². The van der Waals surface area contributed by atoms with E-state index in [0.717, 1.165) is 13.0 Å². The zero-order valence-electron chi connectivity index (χ0n) is 6.10. The van der Waals surface area contributed by atoms with Crippen molar-refractivity contribution in [1.29, 1.82) is 0 Å². The Morgan fingerprint density at radius 2 is 1.44 bits per heavy atom. The van der Waals surface area contributed by atoms with Crippen LogP contribution in [0, 0.1) is 0 Å². The number of hydrogen-bond donors (Lipinski definition) is 2. The first-order valence-corrected chi connectivity index (χ1v) is 3.82. The van der Waals surface area contributed by atoms with Crippen molar-refractivity contribution in [2.45, 2.75) is 32.1 Å². The van der Waals surface area contributed by atoms with Crippen molar-refractivity contribution in [2.75, 3.05) is 13.2 Å². The van der Waals surface area contributed by atoms with Crippen molar-refractivity contribution < 1.29 is 10.8 Å².